The molecule has 0 bridgehead atoms. The van der Waals surface area contributed by atoms with Gasteiger partial charge in [0.25, 0.3) is 5.91 Å². The Morgan fingerprint density at radius 3 is 2.53 bits per heavy atom. The van der Waals surface area contributed by atoms with Crippen molar-refractivity contribution in [1.82, 2.24) is 20.0 Å². The molecule has 2 aliphatic rings. The Labute approximate surface area is 181 Å². The predicted molar refractivity (Wildman–Crippen MR) is 119 cm³/mol. The second-order valence-electron chi connectivity index (χ2n) is 8.09. The Balaban J connectivity index is 1.28. The highest BCUT2D eigenvalue weighted by molar-refractivity contribution is 8.00. The van der Waals surface area contributed by atoms with E-state index in [4.69, 9.17) is 0 Å². The van der Waals surface area contributed by atoms with E-state index in [-0.39, 0.29) is 18.0 Å². The van der Waals surface area contributed by atoms with Crippen molar-refractivity contribution >= 4 is 29.4 Å². The van der Waals surface area contributed by atoms with Gasteiger partial charge in [-0.15, -0.1) is 11.8 Å². The average molecular weight is 428 g/mol. The molecule has 1 aliphatic carbocycles. The fraction of sp³-hybridized carbons (Fsp3) is 0.500. The Morgan fingerprint density at radius 1 is 1.10 bits per heavy atom. The van der Waals surface area contributed by atoms with Crippen LogP contribution in [0.15, 0.2) is 41.6 Å². The summed E-state index contributed by atoms with van der Waals surface area (Å²) in [5, 5.41) is 10.9. The first-order valence-electron chi connectivity index (χ1n) is 10.7. The number of aromatic nitrogens is 2. The summed E-state index contributed by atoms with van der Waals surface area (Å²) in [6.45, 7) is 1.25. The third-order valence-corrected chi connectivity index (χ3v) is 7.22. The van der Waals surface area contributed by atoms with Crippen molar-refractivity contribution in [2.45, 2.75) is 54.7 Å². The number of aryl methyl sites for hydroxylation is 1. The van der Waals surface area contributed by atoms with Gasteiger partial charge in [-0.1, -0.05) is 25.0 Å². The lowest BCUT2D eigenvalue weighted by atomic mass is 10.0. The molecule has 4 rings (SSSR count). The molecule has 2 fully saturated rings. The molecule has 1 saturated heterocycles. The molecule has 2 aromatic rings. The highest BCUT2D eigenvalue weighted by Crippen LogP contribution is 2.38. The number of hydrogen-bond acceptors (Lipinski definition) is 4. The summed E-state index contributed by atoms with van der Waals surface area (Å²) in [7, 11) is 1.79. The molecule has 0 spiro atoms. The van der Waals surface area contributed by atoms with E-state index >= 15 is 0 Å². The first-order valence-corrected chi connectivity index (χ1v) is 11.6. The van der Waals surface area contributed by atoms with Gasteiger partial charge in [-0.2, -0.15) is 5.10 Å². The second-order valence-corrected chi connectivity index (χ2v) is 9.43. The normalized spacial score (nSPS) is 17.8. The summed E-state index contributed by atoms with van der Waals surface area (Å²) in [4.78, 5) is 28.1. The fourth-order valence-corrected chi connectivity index (χ4v) is 5.42. The maximum Gasteiger partial charge on any atom is 0.321 e. The number of likely N-dealkylation sites (tertiary alicyclic amines) is 1. The quantitative estimate of drug-likeness (QED) is 0.759. The number of amides is 3. The molecule has 160 valence electrons. The number of anilines is 1. The summed E-state index contributed by atoms with van der Waals surface area (Å²) in [5.41, 5.74) is 1.46. The summed E-state index contributed by atoms with van der Waals surface area (Å²) in [6.07, 6.45) is 9.89. The molecule has 0 unspecified atom stereocenters. The van der Waals surface area contributed by atoms with E-state index in [1.54, 1.807) is 24.1 Å². The van der Waals surface area contributed by atoms with Gasteiger partial charge in [0.2, 0.25) is 0 Å². The van der Waals surface area contributed by atoms with Crippen LogP contribution in [0.2, 0.25) is 0 Å². The van der Waals surface area contributed by atoms with Crippen molar-refractivity contribution < 1.29 is 9.59 Å². The van der Waals surface area contributed by atoms with Crippen molar-refractivity contribution in [1.29, 1.82) is 0 Å². The number of para-hydroxylation sites is 1. The van der Waals surface area contributed by atoms with Crippen LogP contribution in [-0.4, -0.2) is 51.0 Å². The van der Waals surface area contributed by atoms with Crippen LogP contribution >= 0.6 is 11.8 Å². The Morgan fingerprint density at radius 2 is 1.83 bits per heavy atom. The minimum Gasteiger partial charge on any atom is -0.349 e. The van der Waals surface area contributed by atoms with Crippen molar-refractivity contribution in [2.24, 2.45) is 7.05 Å². The van der Waals surface area contributed by atoms with Crippen molar-refractivity contribution in [3.63, 3.8) is 0 Å². The molecule has 1 aromatic carbocycles. The molecule has 8 heteroatoms. The second kappa shape index (κ2) is 9.55. The number of thioether (sulfide) groups is 1. The summed E-state index contributed by atoms with van der Waals surface area (Å²) >= 11 is 1.89. The number of benzene rings is 1. The number of urea groups is 1. The molecular weight excluding hydrogens is 398 g/mol. The molecule has 0 radical (unpaired) electrons. The largest absolute Gasteiger partial charge is 0.349 e. The van der Waals surface area contributed by atoms with Gasteiger partial charge in [-0.3, -0.25) is 9.48 Å². The van der Waals surface area contributed by atoms with Crippen LogP contribution in [0.3, 0.4) is 0 Å². The van der Waals surface area contributed by atoms with Crippen LogP contribution in [0.5, 0.6) is 0 Å². The number of carbonyl (C=O) groups is 2. The van der Waals surface area contributed by atoms with Crippen LogP contribution in [0.1, 0.15) is 48.9 Å². The Hall–Kier alpha value is -2.48. The highest BCUT2D eigenvalue weighted by atomic mass is 32.2. The lowest BCUT2D eigenvalue weighted by molar-refractivity contribution is 0.0919. The molecule has 0 atom stereocenters. The van der Waals surface area contributed by atoms with Gasteiger partial charge in [-0.25, -0.2) is 4.79 Å². The molecule has 1 saturated carbocycles. The summed E-state index contributed by atoms with van der Waals surface area (Å²) in [5.74, 6) is -0.108. The fourth-order valence-electron chi connectivity index (χ4n) is 4.09. The minimum absolute atomic E-state index is 0.0634. The molecule has 1 aromatic heterocycles. The molecule has 1 aliphatic heterocycles. The molecule has 2 heterocycles. The number of carbonyl (C=O) groups excluding carboxylic acids is 2. The van der Waals surface area contributed by atoms with Crippen LogP contribution in [0.25, 0.3) is 0 Å². The molecular formula is C22H29N5O2S. The van der Waals surface area contributed by atoms with Crippen LogP contribution in [0, 0.1) is 0 Å². The molecule has 7 nitrogen and oxygen atoms in total. The number of hydrogen-bond donors (Lipinski definition) is 2. The lowest BCUT2D eigenvalue weighted by Gasteiger charge is -2.32. The third kappa shape index (κ3) is 5.16. The number of rotatable bonds is 5. The maximum absolute atomic E-state index is 12.8. The highest BCUT2D eigenvalue weighted by Gasteiger charge is 2.25. The Bertz CT molecular complexity index is 885. The van der Waals surface area contributed by atoms with Gasteiger partial charge in [0.15, 0.2) is 0 Å². The zero-order valence-electron chi connectivity index (χ0n) is 17.3. The van der Waals surface area contributed by atoms with Gasteiger partial charge in [-0.05, 0) is 37.8 Å². The smallest absolute Gasteiger partial charge is 0.321 e. The topological polar surface area (TPSA) is 79.3 Å². The van der Waals surface area contributed by atoms with E-state index < -0.39 is 0 Å². The third-order valence-electron chi connectivity index (χ3n) is 5.81. The zero-order valence-corrected chi connectivity index (χ0v) is 18.2. The van der Waals surface area contributed by atoms with E-state index in [1.165, 1.54) is 25.7 Å². The van der Waals surface area contributed by atoms with Gasteiger partial charge in [0.05, 0.1) is 17.4 Å². The summed E-state index contributed by atoms with van der Waals surface area (Å²) < 4.78 is 1.62. The first-order chi connectivity index (χ1) is 14.6. The average Bonchev–Trinajstić information content (AvgIpc) is 3.42. The maximum atomic E-state index is 12.8. The van der Waals surface area contributed by atoms with Crippen molar-refractivity contribution in [2.75, 3.05) is 18.4 Å². The van der Waals surface area contributed by atoms with Crippen LogP contribution in [-0.2, 0) is 7.05 Å². The van der Waals surface area contributed by atoms with Gasteiger partial charge >= 0.3 is 6.03 Å². The number of nitrogens with one attached hydrogen (secondary N) is 2. The predicted octanol–water partition coefficient (Wildman–Crippen LogP) is 3.88. The van der Waals surface area contributed by atoms with Gasteiger partial charge in [0.1, 0.15) is 0 Å². The van der Waals surface area contributed by atoms with E-state index in [0.717, 1.165) is 23.4 Å². The monoisotopic (exact) mass is 427 g/mol. The van der Waals surface area contributed by atoms with Crippen LogP contribution in [0.4, 0.5) is 10.5 Å². The Kier molecular flexibility index (Phi) is 6.62. The van der Waals surface area contributed by atoms with Crippen molar-refractivity contribution in [3.8, 4) is 0 Å². The van der Waals surface area contributed by atoms with Gasteiger partial charge in [0, 0.05) is 42.5 Å². The number of nitrogens with zero attached hydrogens (tertiary/aromatic N) is 3. The molecule has 2 N–H and O–H groups in total. The van der Waals surface area contributed by atoms with E-state index in [9.17, 15) is 9.59 Å². The standard InChI is InChI=1S/C22H29N5O2S/c1-26-15-16(14-23-26)21(28)24-17-10-12-27(13-11-17)22(29)25-19-8-4-5-9-20(19)30-18-6-2-3-7-18/h4-5,8-9,14-15,17-18H,2-3,6-7,10-13H2,1H3,(H,24,28)(H,25,29). The van der Waals surface area contributed by atoms with E-state index in [1.807, 2.05) is 34.9 Å². The number of piperidine rings is 1. The van der Waals surface area contributed by atoms with Crippen LogP contribution < -0.4 is 10.6 Å². The minimum atomic E-state index is -0.108. The van der Waals surface area contributed by atoms with E-state index in [0.29, 0.717) is 23.9 Å². The zero-order chi connectivity index (χ0) is 20.9. The lowest BCUT2D eigenvalue weighted by Crippen LogP contribution is -2.47. The van der Waals surface area contributed by atoms with E-state index in [2.05, 4.69) is 21.8 Å². The SMILES string of the molecule is Cn1cc(C(=O)NC2CCN(C(=O)Nc3ccccc3SC3CCCC3)CC2)cn1. The molecule has 3 amide bonds. The first kappa shape index (κ1) is 20.8. The summed E-state index contributed by atoms with van der Waals surface area (Å²) in [6, 6.07) is 8.09. The molecule has 30 heavy (non-hydrogen) atoms. The van der Waals surface area contributed by atoms with Gasteiger partial charge < -0.3 is 15.5 Å². The van der Waals surface area contributed by atoms with Crippen molar-refractivity contribution in [3.05, 3.63) is 42.2 Å².